The van der Waals surface area contributed by atoms with E-state index in [0.717, 1.165) is 10.6 Å². The molecule has 0 fully saturated rings. The van der Waals surface area contributed by atoms with Crippen molar-refractivity contribution >= 4 is 40.0 Å². The van der Waals surface area contributed by atoms with Crippen LogP contribution in [-0.2, 0) is 11.3 Å². The number of amides is 2. The van der Waals surface area contributed by atoms with Gasteiger partial charge in [0.2, 0.25) is 5.91 Å². The molecule has 0 bridgehead atoms. The number of carbonyl (C=O) groups excluding carboxylic acids is 2. The summed E-state index contributed by atoms with van der Waals surface area (Å²) < 4.78 is 15.7. The molecule has 1 atom stereocenters. The number of halogens is 1. The van der Waals surface area contributed by atoms with Crippen LogP contribution in [0.3, 0.4) is 0 Å². The number of nitrogens with one attached hydrogen (secondary N) is 2. The molecule has 32 heavy (non-hydrogen) atoms. The van der Waals surface area contributed by atoms with Gasteiger partial charge < -0.3 is 15.2 Å². The lowest BCUT2D eigenvalue weighted by atomic mass is 10.2. The quantitative estimate of drug-likeness (QED) is 0.360. The first-order valence-corrected chi connectivity index (χ1v) is 11.6. The fraction of sp³-hybridized carbons (Fsp3) is 0.286. The minimum Gasteiger partial charge on any atom is -0.342 e. The molecule has 1 aromatic carbocycles. The average molecular weight is 475 g/mol. The van der Waals surface area contributed by atoms with Gasteiger partial charge in [0.15, 0.2) is 16.1 Å². The molecule has 2 aromatic heterocycles. The summed E-state index contributed by atoms with van der Waals surface area (Å²) in [4.78, 5) is 30.1. The number of aromatic nitrogens is 4. The molecular formula is C21H23FN6O2S2. The van der Waals surface area contributed by atoms with Crippen LogP contribution >= 0.6 is 23.1 Å². The van der Waals surface area contributed by atoms with Gasteiger partial charge in [-0.3, -0.25) is 9.59 Å². The molecule has 0 unspecified atom stereocenters. The molecular weight excluding hydrogens is 451 g/mol. The van der Waals surface area contributed by atoms with E-state index < -0.39 is 17.8 Å². The number of aryl methyl sites for hydroxylation is 2. The van der Waals surface area contributed by atoms with Crippen molar-refractivity contribution < 1.29 is 14.0 Å². The second kappa shape index (κ2) is 10.5. The van der Waals surface area contributed by atoms with Crippen molar-refractivity contribution in [3.63, 3.8) is 0 Å². The second-order valence-corrected chi connectivity index (χ2v) is 9.06. The highest BCUT2D eigenvalue weighted by molar-refractivity contribution is 7.99. The highest BCUT2D eigenvalue weighted by Crippen LogP contribution is 2.24. The zero-order valence-corrected chi connectivity index (χ0v) is 19.5. The number of allylic oxidation sites excluding steroid dienone is 1. The zero-order chi connectivity index (χ0) is 23.3. The van der Waals surface area contributed by atoms with Crippen LogP contribution in [-0.4, -0.2) is 37.3 Å². The molecule has 0 aliphatic heterocycles. The van der Waals surface area contributed by atoms with E-state index in [-0.39, 0.29) is 17.2 Å². The van der Waals surface area contributed by atoms with E-state index in [0.29, 0.717) is 22.7 Å². The summed E-state index contributed by atoms with van der Waals surface area (Å²) in [6.07, 6.45) is 1.67. The lowest BCUT2D eigenvalue weighted by molar-refractivity contribution is -0.113. The molecule has 0 radical (unpaired) electrons. The Morgan fingerprint density at radius 2 is 2.06 bits per heavy atom. The maximum Gasteiger partial charge on any atom is 0.254 e. The predicted molar refractivity (Wildman–Crippen MR) is 123 cm³/mol. The van der Waals surface area contributed by atoms with Gasteiger partial charge in [-0.25, -0.2) is 9.37 Å². The van der Waals surface area contributed by atoms with E-state index in [4.69, 9.17) is 0 Å². The van der Waals surface area contributed by atoms with Crippen molar-refractivity contribution in [2.45, 2.75) is 38.5 Å². The highest BCUT2D eigenvalue weighted by Gasteiger charge is 2.21. The van der Waals surface area contributed by atoms with Crippen molar-refractivity contribution in [2.24, 2.45) is 0 Å². The van der Waals surface area contributed by atoms with Crippen LogP contribution in [0.15, 0.2) is 42.1 Å². The van der Waals surface area contributed by atoms with Crippen LogP contribution < -0.4 is 10.6 Å². The number of benzene rings is 1. The maximum absolute atomic E-state index is 13.9. The van der Waals surface area contributed by atoms with E-state index >= 15 is 0 Å². The number of thiazole rings is 1. The van der Waals surface area contributed by atoms with E-state index in [1.807, 2.05) is 13.8 Å². The number of anilines is 1. The smallest absolute Gasteiger partial charge is 0.254 e. The van der Waals surface area contributed by atoms with Gasteiger partial charge in [0, 0.05) is 11.4 Å². The minimum atomic E-state index is -0.599. The second-order valence-electron chi connectivity index (χ2n) is 6.91. The topological polar surface area (TPSA) is 102 Å². The van der Waals surface area contributed by atoms with Crippen LogP contribution in [0.25, 0.3) is 0 Å². The Morgan fingerprint density at radius 1 is 1.31 bits per heavy atom. The Labute approximate surface area is 193 Å². The van der Waals surface area contributed by atoms with Gasteiger partial charge in [-0.2, -0.15) is 0 Å². The number of hydrogen-bond donors (Lipinski definition) is 2. The first-order chi connectivity index (χ1) is 15.3. The lowest BCUT2D eigenvalue weighted by Gasteiger charge is -2.15. The van der Waals surface area contributed by atoms with Crippen LogP contribution in [0.4, 0.5) is 9.52 Å². The average Bonchev–Trinajstić information content (AvgIpc) is 3.29. The number of thioether (sulfide) groups is 1. The molecule has 0 spiro atoms. The monoisotopic (exact) mass is 474 g/mol. The Bertz CT molecular complexity index is 1120. The fourth-order valence-electron chi connectivity index (χ4n) is 2.82. The van der Waals surface area contributed by atoms with Crippen molar-refractivity contribution in [2.75, 3.05) is 11.1 Å². The Hall–Kier alpha value is -3.05. The molecule has 11 heteroatoms. The number of rotatable bonds is 9. The van der Waals surface area contributed by atoms with E-state index in [2.05, 4.69) is 32.4 Å². The van der Waals surface area contributed by atoms with E-state index in [9.17, 15) is 14.0 Å². The molecule has 0 saturated carbocycles. The molecule has 0 aliphatic rings. The number of nitrogens with zero attached hydrogens (tertiary/aromatic N) is 4. The van der Waals surface area contributed by atoms with Gasteiger partial charge in [0.05, 0.1) is 23.1 Å². The largest absolute Gasteiger partial charge is 0.342 e. The van der Waals surface area contributed by atoms with Crippen LogP contribution in [0, 0.1) is 19.7 Å². The Morgan fingerprint density at radius 3 is 2.72 bits per heavy atom. The molecule has 0 saturated heterocycles. The summed E-state index contributed by atoms with van der Waals surface area (Å²) in [7, 11) is 0. The standard InChI is InChI=1S/C21H23FN6O2S2/c1-5-10-28-18(13(3)23-19(30)15-8-6-7-9-16(15)22)26-27-21(28)31-11-17(29)25-20-24-12(2)14(4)32-20/h5-9,13H,1,10-11H2,2-4H3,(H,23,30)(H,24,25,29)/t13-/m0/s1. The SMILES string of the molecule is C=CCn1c(SCC(=O)Nc2nc(C)c(C)s2)nnc1[C@H](C)NC(=O)c1ccccc1F. The first-order valence-electron chi connectivity index (χ1n) is 9.76. The van der Waals surface area contributed by atoms with E-state index in [1.165, 1.54) is 41.3 Å². The maximum atomic E-state index is 13.9. The summed E-state index contributed by atoms with van der Waals surface area (Å²) in [5.74, 6) is -0.768. The molecule has 2 heterocycles. The number of carbonyl (C=O) groups is 2. The van der Waals surface area contributed by atoms with Crippen molar-refractivity contribution in [1.82, 2.24) is 25.1 Å². The molecule has 2 amide bonds. The molecule has 8 nitrogen and oxygen atoms in total. The molecule has 3 rings (SSSR count). The predicted octanol–water partition coefficient (Wildman–Crippen LogP) is 3.90. The van der Waals surface area contributed by atoms with Crippen LogP contribution in [0.5, 0.6) is 0 Å². The van der Waals surface area contributed by atoms with Crippen molar-refractivity contribution in [3.8, 4) is 0 Å². The van der Waals surface area contributed by atoms with Crippen molar-refractivity contribution in [1.29, 1.82) is 0 Å². The van der Waals surface area contributed by atoms with Crippen molar-refractivity contribution in [3.05, 3.63) is 64.7 Å². The minimum absolute atomic E-state index is 0.0481. The number of hydrogen-bond acceptors (Lipinski definition) is 7. The summed E-state index contributed by atoms with van der Waals surface area (Å²) in [5, 5.41) is 14.9. The summed E-state index contributed by atoms with van der Waals surface area (Å²) in [6, 6.07) is 5.22. The third-order valence-corrected chi connectivity index (χ3v) is 6.47. The van der Waals surface area contributed by atoms with Gasteiger partial charge in [-0.15, -0.1) is 28.1 Å². The third kappa shape index (κ3) is 5.60. The van der Waals surface area contributed by atoms with Crippen LogP contribution in [0.1, 0.15) is 39.7 Å². The normalized spacial score (nSPS) is 11.8. The summed E-state index contributed by atoms with van der Waals surface area (Å²) in [5.41, 5.74) is 0.841. The molecule has 3 aromatic rings. The van der Waals surface area contributed by atoms with Gasteiger partial charge in [0.25, 0.3) is 5.91 Å². The molecule has 0 aliphatic carbocycles. The zero-order valence-electron chi connectivity index (χ0n) is 17.9. The van der Waals surface area contributed by atoms with Crippen LogP contribution in [0.2, 0.25) is 0 Å². The Balaban J connectivity index is 1.67. The first kappa shape index (κ1) is 23.6. The van der Waals surface area contributed by atoms with Gasteiger partial charge in [-0.1, -0.05) is 30.0 Å². The lowest BCUT2D eigenvalue weighted by Crippen LogP contribution is -2.29. The molecule has 2 N–H and O–H groups in total. The fourth-order valence-corrected chi connectivity index (χ4v) is 4.41. The van der Waals surface area contributed by atoms with E-state index in [1.54, 1.807) is 23.6 Å². The van der Waals surface area contributed by atoms with Gasteiger partial charge in [-0.05, 0) is 32.9 Å². The molecule has 168 valence electrons. The third-order valence-electron chi connectivity index (χ3n) is 4.52. The Kier molecular flexibility index (Phi) is 7.75. The van der Waals surface area contributed by atoms with Gasteiger partial charge in [0.1, 0.15) is 5.82 Å². The summed E-state index contributed by atoms with van der Waals surface area (Å²) >= 11 is 2.64. The highest BCUT2D eigenvalue weighted by atomic mass is 32.2. The van der Waals surface area contributed by atoms with Gasteiger partial charge >= 0.3 is 0 Å². The summed E-state index contributed by atoms with van der Waals surface area (Å²) in [6.45, 7) is 9.71.